The summed E-state index contributed by atoms with van der Waals surface area (Å²) in [4.78, 5) is 12.7. The lowest BCUT2D eigenvalue weighted by Gasteiger charge is -2.17. The van der Waals surface area contributed by atoms with Crippen molar-refractivity contribution in [1.29, 1.82) is 0 Å². The SMILES string of the molecule is Cc1cccc(S(=O)(=O)N2CC[C@]3(C[C@H]3C(=O)NCc3ccco3)C2)c1. The lowest BCUT2D eigenvalue weighted by atomic mass is 10.0. The van der Waals surface area contributed by atoms with Gasteiger partial charge in [-0.05, 0) is 55.0 Å². The zero-order valence-electron chi connectivity index (χ0n) is 14.6. The molecule has 26 heavy (non-hydrogen) atoms. The first kappa shape index (κ1) is 17.3. The molecule has 4 rings (SSSR count). The summed E-state index contributed by atoms with van der Waals surface area (Å²) in [6, 6.07) is 10.6. The number of rotatable bonds is 5. The van der Waals surface area contributed by atoms with Crippen molar-refractivity contribution < 1.29 is 17.6 Å². The van der Waals surface area contributed by atoms with Crippen LogP contribution in [-0.4, -0.2) is 31.7 Å². The van der Waals surface area contributed by atoms with Gasteiger partial charge >= 0.3 is 0 Å². The monoisotopic (exact) mass is 374 g/mol. The van der Waals surface area contributed by atoms with Gasteiger partial charge in [-0.25, -0.2) is 8.42 Å². The zero-order chi connectivity index (χ0) is 18.4. The lowest BCUT2D eigenvalue weighted by Crippen LogP contribution is -2.31. The van der Waals surface area contributed by atoms with Gasteiger partial charge in [0.2, 0.25) is 15.9 Å². The van der Waals surface area contributed by atoms with Gasteiger partial charge in [0.1, 0.15) is 5.76 Å². The molecule has 0 unspecified atom stereocenters. The zero-order valence-corrected chi connectivity index (χ0v) is 15.5. The first-order valence-corrected chi connectivity index (χ1v) is 10.2. The molecule has 2 heterocycles. The Hall–Kier alpha value is -2.12. The highest BCUT2D eigenvalue weighted by atomic mass is 32.2. The minimum atomic E-state index is -3.50. The number of benzene rings is 1. The van der Waals surface area contributed by atoms with Crippen LogP contribution in [0.4, 0.5) is 0 Å². The van der Waals surface area contributed by atoms with Crippen LogP contribution in [0.25, 0.3) is 0 Å². The number of carbonyl (C=O) groups excluding carboxylic acids is 1. The third-order valence-corrected chi connectivity index (χ3v) is 7.34. The molecule has 1 aliphatic carbocycles. The number of hydrogen-bond donors (Lipinski definition) is 1. The molecule has 1 amide bonds. The van der Waals surface area contributed by atoms with E-state index in [9.17, 15) is 13.2 Å². The fourth-order valence-corrected chi connectivity index (χ4v) is 5.51. The molecule has 7 heteroatoms. The van der Waals surface area contributed by atoms with Crippen molar-refractivity contribution in [3.8, 4) is 0 Å². The summed E-state index contributed by atoms with van der Waals surface area (Å²) in [5.74, 6) is 0.578. The lowest BCUT2D eigenvalue weighted by molar-refractivity contribution is -0.123. The Morgan fingerprint density at radius 2 is 2.19 bits per heavy atom. The van der Waals surface area contributed by atoms with Gasteiger partial charge in [0.05, 0.1) is 17.7 Å². The summed E-state index contributed by atoms with van der Waals surface area (Å²) in [6.07, 6.45) is 3.05. The second kappa shape index (κ2) is 6.25. The fourth-order valence-electron chi connectivity index (χ4n) is 3.87. The van der Waals surface area contributed by atoms with Crippen LogP contribution in [0.1, 0.15) is 24.2 Å². The first-order chi connectivity index (χ1) is 12.4. The van der Waals surface area contributed by atoms with Gasteiger partial charge in [0, 0.05) is 19.0 Å². The first-order valence-electron chi connectivity index (χ1n) is 8.78. The highest BCUT2D eigenvalue weighted by molar-refractivity contribution is 7.89. The van der Waals surface area contributed by atoms with Gasteiger partial charge in [0.25, 0.3) is 0 Å². The third kappa shape index (κ3) is 3.05. The van der Waals surface area contributed by atoms with E-state index in [4.69, 9.17) is 4.42 Å². The van der Waals surface area contributed by atoms with E-state index in [2.05, 4.69) is 5.32 Å². The molecule has 1 saturated heterocycles. The molecule has 138 valence electrons. The van der Waals surface area contributed by atoms with Gasteiger partial charge in [-0.15, -0.1) is 0 Å². The number of amides is 1. The van der Waals surface area contributed by atoms with Crippen molar-refractivity contribution in [3.63, 3.8) is 0 Å². The molecule has 2 aliphatic rings. The smallest absolute Gasteiger partial charge is 0.243 e. The molecule has 0 bridgehead atoms. The van der Waals surface area contributed by atoms with Crippen LogP contribution < -0.4 is 5.32 Å². The number of hydrogen-bond acceptors (Lipinski definition) is 4. The standard InChI is InChI=1S/C19H22N2O4S/c1-14-4-2-6-16(10-14)26(23,24)21-8-7-19(13-21)11-17(19)18(22)20-12-15-5-3-9-25-15/h2-6,9-10,17H,7-8,11-13H2,1H3,(H,20,22)/t17-,19-/m0/s1. The van der Waals surface area contributed by atoms with E-state index in [1.54, 1.807) is 30.5 Å². The molecule has 1 aromatic heterocycles. The Kier molecular flexibility index (Phi) is 4.16. The molecule has 0 radical (unpaired) electrons. The van der Waals surface area contributed by atoms with Gasteiger partial charge < -0.3 is 9.73 Å². The molecule has 1 spiro atoms. The van der Waals surface area contributed by atoms with E-state index in [-0.39, 0.29) is 17.2 Å². The summed E-state index contributed by atoms with van der Waals surface area (Å²) >= 11 is 0. The van der Waals surface area contributed by atoms with Crippen LogP contribution in [0.5, 0.6) is 0 Å². The van der Waals surface area contributed by atoms with Crippen LogP contribution in [-0.2, 0) is 21.4 Å². The van der Waals surface area contributed by atoms with Crippen LogP contribution in [0, 0.1) is 18.3 Å². The maximum Gasteiger partial charge on any atom is 0.243 e. The van der Waals surface area contributed by atoms with Crippen molar-refractivity contribution >= 4 is 15.9 Å². The van der Waals surface area contributed by atoms with E-state index >= 15 is 0 Å². The normalized spacial score (nSPS) is 25.5. The predicted molar refractivity (Wildman–Crippen MR) is 95.6 cm³/mol. The molecular formula is C19H22N2O4S. The predicted octanol–water partition coefficient (Wildman–Crippen LogP) is 2.31. The summed E-state index contributed by atoms with van der Waals surface area (Å²) in [6.45, 7) is 3.13. The number of nitrogens with zero attached hydrogens (tertiary/aromatic N) is 1. The minimum Gasteiger partial charge on any atom is -0.467 e. The number of carbonyl (C=O) groups is 1. The van der Waals surface area contributed by atoms with E-state index in [0.29, 0.717) is 30.3 Å². The minimum absolute atomic E-state index is 0.0174. The second-order valence-electron chi connectivity index (χ2n) is 7.32. The molecule has 2 fully saturated rings. The maximum atomic E-state index is 12.9. The van der Waals surface area contributed by atoms with Crippen molar-refractivity contribution in [1.82, 2.24) is 9.62 Å². The summed E-state index contributed by atoms with van der Waals surface area (Å²) < 4.78 is 32.5. The average molecular weight is 374 g/mol. The van der Waals surface area contributed by atoms with Gasteiger partial charge in [-0.1, -0.05) is 12.1 Å². The van der Waals surface area contributed by atoms with E-state index in [1.165, 1.54) is 4.31 Å². The van der Waals surface area contributed by atoms with Crippen molar-refractivity contribution in [2.24, 2.45) is 11.3 Å². The fraction of sp³-hybridized carbons (Fsp3) is 0.421. The third-order valence-electron chi connectivity index (χ3n) is 5.50. The van der Waals surface area contributed by atoms with Crippen molar-refractivity contribution in [2.45, 2.75) is 31.2 Å². The van der Waals surface area contributed by atoms with Gasteiger partial charge in [-0.3, -0.25) is 4.79 Å². The average Bonchev–Trinajstić information content (AvgIpc) is 2.97. The number of sulfonamides is 1. The van der Waals surface area contributed by atoms with Gasteiger partial charge in [-0.2, -0.15) is 4.31 Å². The van der Waals surface area contributed by atoms with E-state index in [1.807, 2.05) is 19.1 Å². The number of nitrogens with one attached hydrogen (secondary N) is 1. The molecule has 6 nitrogen and oxygen atoms in total. The Morgan fingerprint density at radius 3 is 2.92 bits per heavy atom. The summed E-state index contributed by atoms with van der Waals surface area (Å²) in [5.41, 5.74) is 0.714. The number of furan rings is 1. The summed E-state index contributed by atoms with van der Waals surface area (Å²) in [5, 5.41) is 2.89. The maximum absolute atomic E-state index is 12.9. The Bertz CT molecular complexity index is 923. The van der Waals surface area contributed by atoms with E-state index in [0.717, 1.165) is 18.4 Å². The molecule has 1 saturated carbocycles. The van der Waals surface area contributed by atoms with Crippen molar-refractivity contribution in [3.05, 3.63) is 54.0 Å². The van der Waals surface area contributed by atoms with Crippen LogP contribution in [0.15, 0.2) is 52.0 Å². The Morgan fingerprint density at radius 1 is 1.35 bits per heavy atom. The highest BCUT2D eigenvalue weighted by Gasteiger charge is 2.62. The van der Waals surface area contributed by atoms with Crippen LogP contribution in [0.2, 0.25) is 0 Å². The molecule has 1 N–H and O–H groups in total. The molecular weight excluding hydrogens is 352 g/mol. The summed E-state index contributed by atoms with van der Waals surface area (Å²) in [7, 11) is -3.50. The topological polar surface area (TPSA) is 79.6 Å². The van der Waals surface area contributed by atoms with Crippen molar-refractivity contribution in [2.75, 3.05) is 13.1 Å². The molecule has 2 aromatic rings. The molecule has 1 aromatic carbocycles. The molecule has 2 atom stereocenters. The number of aryl methyl sites for hydroxylation is 1. The van der Waals surface area contributed by atoms with Gasteiger partial charge in [0.15, 0.2) is 0 Å². The van der Waals surface area contributed by atoms with E-state index < -0.39 is 10.0 Å². The highest BCUT2D eigenvalue weighted by Crippen LogP contribution is 2.59. The van der Waals surface area contributed by atoms with Crippen LogP contribution >= 0.6 is 0 Å². The van der Waals surface area contributed by atoms with Crippen LogP contribution in [0.3, 0.4) is 0 Å². The largest absolute Gasteiger partial charge is 0.467 e. The Balaban J connectivity index is 1.40. The Labute approximate surface area is 153 Å². The quantitative estimate of drug-likeness (QED) is 0.871. The second-order valence-corrected chi connectivity index (χ2v) is 9.26. The molecule has 1 aliphatic heterocycles.